The molecule has 4 aliphatic rings. The Balaban J connectivity index is 1.39. The Kier molecular flexibility index (Phi) is 5.74. The topological polar surface area (TPSA) is 80.6 Å². The molecule has 1 heterocycles. The molecule has 2 N–H and O–H groups in total. The van der Waals surface area contributed by atoms with Gasteiger partial charge in [0.1, 0.15) is 11.4 Å². The first-order valence-corrected chi connectivity index (χ1v) is 12.1. The molecule has 6 rings (SSSR count). The zero-order chi connectivity index (χ0) is 25.1. The standard InChI is InChI=1S/C26H29F3N2O4/c1-3-15-10-20(23(32)16-5-4-6-19(9-16)35-26(27,28)29)31(2)22(15)24(33)30-21-17-7-14-8-18(21)13-25(34,11-14)12-17/h4-6,9-10,14,17-18,21,34H,3,7-8,11-13H2,1-2H3,(H,30,33). The summed E-state index contributed by atoms with van der Waals surface area (Å²) < 4.78 is 43.3. The first kappa shape index (κ1) is 23.9. The van der Waals surface area contributed by atoms with E-state index in [9.17, 15) is 27.9 Å². The molecule has 0 radical (unpaired) electrons. The lowest BCUT2D eigenvalue weighted by Crippen LogP contribution is -2.61. The second kappa shape index (κ2) is 8.40. The van der Waals surface area contributed by atoms with Crippen molar-refractivity contribution >= 4 is 11.7 Å². The van der Waals surface area contributed by atoms with E-state index in [0.717, 1.165) is 31.4 Å². The van der Waals surface area contributed by atoms with E-state index in [4.69, 9.17) is 0 Å². The van der Waals surface area contributed by atoms with Gasteiger partial charge in [-0.05, 0) is 80.0 Å². The molecule has 4 fully saturated rings. The third-order valence-electron chi connectivity index (χ3n) is 8.01. The van der Waals surface area contributed by atoms with Crippen LogP contribution in [0.5, 0.6) is 5.75 Å². The highest BCUT2D eigenvalue weighted by Gasteiger charge is 2.55. The SMILES string of the molecule is CCc1cc(C(=O)c2cccc(OC(F)(F)F)c2)n(C)c1C(=O)NC1C2CC3CC1CC(O)(C3)C2. The average Bonchev–Trinajstić information content (AvgIpc) is 3.10. The minimum absolute atomic E-state index is 0.00529. The summed E-state index contributed by atoms with van der Waals surface area (Å²) in [7, 11) is 1.62. The summed E-state index contributed by atoms with van der Waals surface area (Å²) in [4.78, 5) is 26.6. The van der Waals surface area contributed by atoms with E-state index in [1.807, 2.05) is 6.92 Å². The van der Waals surface area contributed by atoms with Crippen molar-refractivity contribution in [1.29, 1.82) is 0 Å². The van der Waals surface area contributed by atoms with Gasteiger partial charge in [-0.3, -0.25) is 9.59 Å². The van der Waals surface area contributed by atoms with Crippen molar-refractivity contribution in [2.24, 2.45) is 24.8 Å². The van der Waals surface area contributed by atoms with Crippen molar-refractivity contribution in [3.63, 3.8) is 0 Å². The number of carbonyl (C=O) groups is 2. The molecule has 4 saturated carbocycles. The number of rotatable bonds is 6. The summed E-state index contributed by atoms with van der Waals surface area (Å²) in [5.41, 5.74) is 0.734. The fraction of sp³-hybridized carbons (Fsp3) is 0.538. The maximum absolute atomic E-state index is 13.4. The van der Waals surface area contributed by atoms with Gasteiger partial charge in [-0.25, -0.2) is 0 Å². The largest absolute Gasteiger partial charge is 0.573 e. The number of hydrogen-bond acceptors (Lipinski definition) is 4. The molecular formula is C26H29F3N2O4. The van der Waals surface area contributed by atoms with Crippen LogP contribution in [0.3, 0.4) is 0 Å². The first-order chi connectivity index (χ1) is 16.5. The zero-order valence-electron chi connectivity index (χ0n) is 19.7. The number of aliphatic hydroxyl groups is 1. The molecule has 35 heavy (non-hydrogen) atoms. The maximum Gasteiger partial charge on any atom is 0.573 e. The van der Waals surface area contributed by atoms with E-state index in [0.29, 0.717) is 36.4 Å². The Bertz CT molecular complexity index is 1160. The Morgan fingerprint density at radius 3 is 2.46 bits per heavy atom. The van der Waals surface area contributed by atoms with Crippen LogP contribution in [0.2, 0.25) is 0 Å². The quantitative estimate of drug-likeness (QED) is 0.589. The van der Waals surface area contributed by atoms with Gasteiger partial charge in [-0.1, -0.05) is 19.1 Å². The predicted octanol–water partition coefficient (Wildman–Crippen LogP) is 4.39. The van der Waals surface area contributed by atoms with E-state index in [1.54, 1.807) is 13.1 Å². The Labute approximate surface area is 201 Å². The van der Waals surface area contributed by atoms with Gasteiger partial charge in [-0.2, -0.15) is 0 Å². The predicted molar refractivity (Wildman–Crippen MR) is 121 cm³/mol. The molecule has 1 aromatic carbocycles. The van der Waals surface area contributed by atoms with Crippen LogP contribution in [0.1, 0.15) is 71.1 Å². The van der Waals surface area contributed by atoms with Crippen LogP contribution < -0.4 is 10.1 Å². The number of aromatic nitrogens is 1. The summed E-state index contributed by atoms with van der Waals surface area (Å²) in [5.74, 6) is -0.216. The molecule has 6 nitrogen and oxygen atoms in total. The van der Waals surface area contributed by atoms with Crippen molar-refractivity contribution < 1.29 is 32.6 Å². The van der Waals surface area contributed by atoms with Crippen LogP contribution in [0.15, 0.2) is 30.3 Å². The Morgan fingerprint density at radius 1 is 1.17 bits per heavy atom. The smallest absolute Gasteiger partial charge is 0.406 e. The van der Waals surface area contributed by atoms with Gasteiger partial charge in [0.15, 0.2) is 0 Å². The van der Waals surface area contributed by atoms with Gasteiger partial charge < -0.3 is 19.7 Å². The number of ketones is 1. The van der Waals surface area contributed by atoms with E-state index in [-0.39, 0.29) is 35.0 Å². The van der Waals surface area contributed by atoms with Gasteiger partial charge in [-0.15, -0.1) is 13.2 Å². The van der Waals surface area contributed by atoms with E-state index in [2.05, 4.69) is 10.1 Å². The second-order valence-corrected chi connectivity index (χ2v) is 10.4. The number of hydrogen-bond donors (Lipinski definition) is 2. The highest BCUT2D eigenvalue weighted by Crippen LogP contribution is 2.55. The molecule has 2 atom stereocenters. The van der Waals surface area contributed by atoms with Gasteiger partial charge >= 0.3 is 6.36 Å². The second-order valence-electron chi connectivity index (χ2n) is 10.4. The lowest BCUT2D eigenvalue weighted by Gasteiger charge is -2.58. The molecule has 2 unspecified atom stereocenters. The summed E-state index contributed by atoms with van der Waals surface area (Å²) >= 11 is 0. The fourth-order valence-electron chi connectivity index (χ4n) is 6.87. The van der Waals surface area contributed by atoms with Gasteiger partial charge in [0, 0.05) is 18.7 Å². The van der Waals surface area contributed by atoms with Crippen molar-refractivity contribution in [3.05, 3.63) is 52.8 Å². The van der Waals surface area contributed by atoms with Crippen LogP contribution in [0.4, 0.5) is 13.2 Å². The number of amides is 1. The molecule has 188 valence electrons. The van der Waals surface area contributed by atoms with Crippen molar-refractivity contribution in [2.75, 3.05) is 0 Å². The number of aryl methyl sites for hydroxylation is 1. The van der Waals surface area contributed by atoms with Crippen LogP contribution >= 0.6 is 0 Å². The summed E-state index contributed by atoms with van der Waals surface area (Å²) in [6.45, 7) is 1.89. The Morgan fingerprint density at radius 2 is 1.86 bits per heavy atom. The number of halogens is 3. The third kappa shape index (κ3) is 4.46. The highest BCUT2D eigenvalue weighted by atomic mass is 19.4. The molecule has 1 aromatic heterocycles. The first-order valence-electron chi connectivity index (χ1n) is 12.1. The molecule has 2 aromatic rings. The lowest BCUT2D eigenvalue weighted by molar-refractivity contribution is -0.274. The molecule has 0 spiro atoms. The zero-order valence-corrected chi connectivity index (χ0v) is 19.7. The minimum Gasteiger partial charge on any atom is -0.406 e. The summed E-state index contributed by atoms with van der Waals surface area (Å²) in [5, 5.41) is 14.0. The third-order valence-corrected chi connectivity index (χ3v) is 8.01. The number of nitrogens with one attached hydrogen (secondary N) is 1. The molecule has 4 aliphatic carbocycles. The number of alkyl halides is 3. The maximum atomic E-state index is 13.4. The minimum atomic E-state index is -4.86. The van der Waals surface area contributed by atoms with E-state index in [1.165, 1.54) is 16.7 Å². The number of ether oxygens (including phenoxy) is 1. The summed E-state index contributed by atoms with van der Waals surface area (Å²) in [6.07, 6.45) is -0.0484. The monoisotopic (exact) mass is 490 g/mol. The van der Waals surface area contributed by atoms with Gasteiger partial charge in [0.2, 0.25) is 5.78 Å². The van der Waals surface area contributed by atoms with Crippen LogP contribution in [-0.2, 0) is 13.5 Å². The van der Waals surface area contributed by atoms with Crippen molar-refractivity contribution in [2.45, 2.75) is 63.5 Å². The molecule has 0 aliphatic heterocycles. The van der Waals surface area contributed by atoms with E-state index >= 15 is 0 Å². The van der Waals surface area contributed by atoms with Crippen LogP contribution in [0.25, 0.3) is 0 Å². The average molecular weight is 491 g/mol. The van der Waals surface area contributed by atoms with Gasteiger partial charge in [0.05, 0.1) is 11.3 Å². The molecule has 0 saturated heterocycles. The molecule has 4 bridgehead atoms. The summed E-state index contributed by atoms with van der Waals surface area (Å²) in [6, 6.07) is 6.55. The van der Waals surface area contributed by atoms with Gasteiger partial charge in [0.25, 0.3) is 5.91 Å². The van der Waals surface area contributed by atoms with Crippen molar-refractivity contribution in [3.8, 4) is 5.75 Å². The fourth-order valence-corrected chi connectivity index (χ4v) is 6.87. The number of carbonyl (C=O) groups excluding carboxylic acids is 2. The van der Waals surface area contributed by atoms with E-state index < -0.39 is 23.5 Å². The molecular weight excluding hydrogens is 461 g/mol. The molecule has 9 heteroatoms. The Hall–Kier alpha value is -2.81. The number of nitrogens with zero attached hydrogens (tertiary/aromatic N) is 1. The highest BCUT2D eigenvalue weighted by molar-refractivity contribution is 6.09. The van der Waals surface area contributed by atoms with Crippen LogP contribution in [-0.4, -0.2) is 39.4 Å². The number of benzene rings is 1. The van der Waals surface area contributed by atoms with Crippen molar-refractivity contribution in [1.82, 2.24) is 9.88 Å². The molecule has 1 amide bonds. The normalized spacial score (nSPS) is 29.3. The lowest BCUT2D eigenvalue weighted by atomic mass is 9.52. The van der Waals surface area contributed by atoms with Crippen LogP contribution in [0, 0.1) is 17.8 Å².